The highest BCUT2D eigenvalue weighted by atomic mass is 31.2. The molecule has 0 bridgehead atoms. The highest BCUT2D eigenvalue weighted by Gasteiger charge is 2.26. The maximum atomic E-state index is 12.7. The molecule has 0 saturated heterocycles. The van der Waals surface area contributed by atoms with Crippen LogP contribution < -0.4 is 5.73 Å². The van der Waals surface area contributed by atoms with Crippen LogP contribution in [0.4, 0.5) is 0 Å². The van der Waals surface area contributed by atoms with Gasteiger partial charge in [-0.1, -0.05) is 249 Å². The zero-order valence-electron chi connectivity index (χ0n) is 42.9. The number of unbranched alkanes of at least 4 members (excludes halogenated alkanes) is 31. The van der Waals surface area contributed by atoms with Crippen LogP contribution in [0.25, 0.3) is 0 Å². The summed E-state index contributed by atoms with van der Waals surface area (Å²) in [7, 11) is -4.38. The van der Waals surface area contributed by atoms with Crippen molar-refractivity contribution in [2.75, 3.05) is 26.4 Å². The quantitative estimate of drug-likeness (QED) is 0.0264. The number of nitrogens with two attached hydrogens (primary N) is 1. The van der Waals surface area contributed by atoms with Crippen molar-refractivity contribution in [3.8, 4) is 0 Å². The van der Waals surface area contributed by atoms with Gasteiger partial charge in [0.05, 0.1) is 13.2 Å². The molecule has 386 valence electrons. The number of esters is 2. The molecule has 0 aromatic heterocycles. The largest absolute Gasteiger partial charge is 0.472 e. The van der Waals surface area contributed by atoms with Crippen LogP contribution in [-0.4, -0.2) is 49.3 Å². The van der Waals surface area contributed by atoms with Gasteiger partial charge in [-0.2, -0.15) is 0 Å². The predicted octanol–water partition coefficient (Wildman–Crippen LogP) is 17.0. The number of carbonyl (C=O) groups is 2. The minimum atomic E-state index is -4.38. The van der Waals surface area contributed by atoms with E-state index in [4.69, 9.17) is 24.3 Å². The number of hydrogen-bond acceptors (Lipinski definition) is 8. The molecule has 66 heavy (non-hydrogen) atoms. The fourth-order valence-corrected chi connectivity index (χ4v) is 8.69. The molecule has 3 N–H and O–H groups in total. The summed E-state index contributed by atoms with van der Waals surface area (Å²) in [5.74, 6) is -0.815. The molecule has 0 heterocycles. The van der Waals surface area contributed by atoms with E-state index in [9.17, 15) is 19.0 Å². The van der Waals surface area contributed by atoms with Crippen molar-refractivity contribution >= 4 is 19.8 Å². The average Bonchev–Trinajstić information content (AvgIpc) is 3.31. The summed E-state index contributed by atoms with van der Waals surface area (Å²) >= 11 is 0. The Morgan fingerprint density at radius 2 is 0.833 bits per heavy atom. The molecule has 2 unspecified atom stereocenters. The maximum Gasteiger partial charge on any atom is 0.472 e. The first-order valence-corrected chi connectivity index (χ1v) is 29.1. The maximum absolute atomic E-state index is 12.7. The van der Waals surface area contributed by atoms with Crippen LogP contribution >= 0.6 is 7.82 Å². The lowest BCUT2D eigenvalue weighted by Gasteiger charge is -2.19. The number of hydrogen-bond donors (Lipinski definition) is 2. The van der Waals surface area contributed by atoms with Crippen LogP contribution in [0.5, 0.6) is 0 Å². The monoisotopic (exact) mass is 950 g/mol. The van der Waals surface area contributed by atoms with Gasteiger partial charge in [0, 0.05) is 19.4 Å². The van der Waals surface area contributed by atoms with Crippen LogP contribution in [-0.2, 0) is 32.7 Å². The van der Waals surface area contributed by atoms with Gasteiger partial charge >= 0.3 is 19.8 Å². The fraction of sp³-hybridized carbons (Fsp3) is 0.821. The van der Waals surface area contributed by atoms with E-state index in [1.165, 1.54) is 167 Å². The normalized spacial score (nSPS) is 13.5. The molecule has 9 nitrogen and oxygen atoms in total. The summed E-state index contributed by atoms with van der Waals surface area (Å²) in [5.41, 5.74) is 5.37. The zero-order chi connectivity index (χ0) is 48.1. The smallest absolute Gasteiger partial charge is 0.462 e. The molecule has 0 aliphatic heterocycles. The Balaban J connectivity index is 3.93. The third-order valence-corrected chi connectivity index (χ3v) is 13.0. The Morgan fingerprint density at radius 3 is 1.24 bits per heavy atom. The summed E-state index contributed by atoms with van der Waals surface area (Å²) in [5, 5.41) is 0. The zero-order valence-corrected chi connectivity index (χ0v) is 43.8. The number of phosphoric acid groups is 1. The Labute approximate surface area is 407 Å². The molecule has 0 radical (unpaired) electrons. The second-order valence-electron chi connectivity index (χ2n) is 18.4. The van der Waals surface area contributed by atoms with Crippen molar-refractivity contribution < 1.29 is 37.6 Å². The number of allylic oxidation sites excluding steroid dienone is 8. The topological polar surface area (TPSA) is 134 Å². The molecule has 10 heteroatoms. The van der Waals surface area contributed by atoms with Crippen molar-refractivity contribution in [1.29, 1.82) is 0 Å². The number of phosphoric ester groups is 1. The standard InChI is InChI=1S/C56H104NO8P/c1-3-5-7-9-11-13-15-17-19-21-22-23-24-25-26-27-28-29-30-31-32-33-35-37-39-41-43-45-47-49-56(59)65-54(53-64-66(60,61)63-51-50-57)52-62-55(58)48-46-44-42-40-38-36-34-20-18-16-14-12-10-8-6-4-2/h5,7,11,13,17,19,22-23,54H,3-4,6,8-10,12,14-16,18,20-21,24-53,57H2,1-2H3,(H,60,61)/b7-5-,13-11-,19-17-,23-22-. The van der Waals surface area contributed by atoms with E-state index < -0.39 is 26.5 Å². The molecular weight excluding hydrogens is 846 g/mol. The lowest BCUT2D eigenvalue weighted by atomic mass is 10.0. The first-order chi connectivity index (χ1) is 32.3. The summed E-state index contributed by atoms with van der Waals surface area (Å²) in [6.07, 6.45) is 63.0. The van der Waals surface area contributed by atoms with Gasteiger partial charge in [-0.15, -0.1) is 0 Å². The molecule has 2 atom stereocenters. The van der Waals surface area contributed by atoms with Gasteiger partial charge in [0.2, 0.25) is 0 Å². The average molecular weight is 950 g/mol. The van der Waals surface area contributed by atoms with Crippen LogP contribution in [0.15, 0.2) is 48.6 Å². The van der Waals surface area contributed by atoms with E-state index in [0.29, 0.717) is 6.42 Å². The molecule has 0 amide bonds. The fourth-order valence-electron chi connectivity index (χ4n) is 7.92. The van der Waals surface area contributed by atoms with Crippen LogP contribution in [0.3, 0.4) is 0 Å². The molecule has 0 aliphatic carbocycles. The molecule has 0 aromatic rings. The molecule has 0 saturated carbocycles. The first-order valence-electron chi connectivity index (χ1n) is 27.6. The van der Waals surface area contributed by atoms with Crippen molar-refractivity contribution in [2.45, 2.75) is 270 Å². The Bertz CT molecular complexity index is 1220. The van der Waals surface area contributed by atoms with E-state index in [2.05, 4.69) is 62.5 Å². The minimum absolute atomic E-state index is 0.0547. The van der Waals surface area contributed by atoms with Gasteiger partial charge in [-0.25, -0.2) is 4.57 Å². The molecular formula is C56H104NO8P. The molecule has 0 fully saturated rings. The van der Waals surface area contributed by atoms with Crippen molar-refractivity contribution in [3.05, 3.63) is 48.6 Å². The van der Waals surface area contributed by atoms with E-state index in [1.54, 1.807) is 0 Å². The van der Waals surface area contributed by atoms with Gasteiger partial charge in [-0.3, -0.25) is 18.6 Å². The van der Waals surface area contributed by atoms with E-state index in [0.717, 1.165) is 64.2 Å². The Hall–Kier alpha value is -2.03. The minimum Gasteiger partial charge on any atom is -0.462 e. The van der Waals surface area contributed by atoms with Gasteiger partial charge in [0.15, 0.2) is 6.10 Å². The Kier molecular flexibility index (Phi) is 50.7. The third-order valence-electron chi connectivity index (χ3n) is 12.0. The van der Waals surface area contributed by atoms with Gasteiger partial charge in [-0.05, 0) is 51.4 Å². The first kappa shape index (κ1) is 64.0. The summed E-state index contributed by atoms with van der Waals surface area (Å²) in [6, 6.07) is 0. The summed E-state index contributed by atoms with van der Waals surface area (Å²) in [6.45, 7) is 3.67. The number of carbonyl (C=O) groups excluding carboxylic acids is 2. The van der Waals surface area contributed by atoms with E-state index >= 15 is 0 Å². The number of rotatable bonds is 52. The SMILES string of the molecule is CC/C=C\C/C=C\C/C=C\C/C=C\CCCCCCCCCCCCCCCCCCC(=O)OC(COC(=O)CCCCCCCCCCCCCCCCCC)COP(=O)(O)OCCN. The molecule has 0 aromatic carbocycles. The van der Waals surface area contributed by atoms with Crippen LogP contribution in [0, 0.1) is 0 Å². The number of ether oxygens (including phenoxy) is 2. The van der Waals surface area contributed by atoms with Crippen molar-refractivity contribution in [2.24, 2.45) is 5.73 Å². The summed E-state index contributed by atoms with van der Waals surface area (Å²) < 4.78 is 33.0. The molecule has 0 aliphatic rings. The summed E-state index contributed by atoms with van der Waals surface area (Å²) in [4.78, 5) is 35.1. The highest BCUT2D eigenvalue weighted by Crippen LogP contribution is 2.43. The second-order valence-corrected chi connectivity index (χ2v) is 19.9. The van der Waals surface area contributed by atoms with Crippen LogP contribution in [0.2, 0.25) is 0 Å². The van der Waals surface area contributed by atoms with Gasteiger partial charge in [0.25, 0.3) is 0 Å². The predicted molar refractivity (Wildman–Crippen MR) is 280 cm³/mol. The van der Waals surface area contributed by atoms with Crippen LogP contribution in [0.1, 0.15) is 264 Å². The van der Waals surface area contributed by atoms with Crippen molar-refractivity contribution in [3.63, 3.8) is 0 Å². The lowest BCUT2D eigenvalue weighted by Crippen LogP contribution is -2.29. The third kappa shape index (κ3) is 51.4. The molecule has 0 rings (SSSR count). The van der Waals surface area contributed by atoms with E-state index in [1.807, 2.05) is 0 Å². The van der Waals surface area contributed by atoms with Gasteiger partial charge in [0.1, 0.15) is 6.61 Å². The lowest BCUT2D eigenvalue weighted by molar-refractivity contribution is -0.161. The van der Waals surface area contributed by atoms with E-state index in [-0.39, 0.29) is 38.6 Å². The second kappa shape index (κ2) is 52.3. The highest BCUT2D eigenvalue weighted by molar-refractivity contribution is 7.47. The molecule has 0 spiro atoms. The van der Waals surface area contributed by atoms with Crippen molar-refractivity contribution in [1.82, 2.24) is 0 Å². The van der Waals surface area contributed by atoms with Gasteiger partial charge < -0.3 is 20.1 Å². The Morgan fingerprint density at radius 1 is 0.470 bits per heavy atom.